The summed E-state index contributed by atoms with van der Waals surface area (Å²) in [5, 5.41) is 23.6. The number of terminal acetylenes is 1. The molecule has 0 radical (unpaired) electrons. The Hall–Kier alpha value is -8.26. The minimum absolute atomic E-state index is 0.0368. The van der Waals surface area contributed by atoms with E-state index in [-0.39, 0.29) is 145 Å². The number of amides is 1. The molecule has 4 aromatic heterocycles. The summed E-state index contributed by atoms with van der Waals surface area (Å²) >= 11 is 0. The number of cyclic esters (lactones) is 1. The molecule has 2 bridgehead atoms. The van der Waals surface area contributed by atoms with Crippen molar-refractivity contribution in [3.05, 3.63) is 117 Å². The number of nitrogens with zero attached hydrogens (tertiary/aromatic N) is 9. The number of alkyl halides is 3. The minimum atomic E-state index is -2.86. The number of piperazine rings is 1. The van der Waals surface area contributed by atoms with E-state index in [4.69, 9.17) is 30.6 Å². The Labute approximate surface area is 470 Å². The van der Waals surface area contributed by atoms with E-state index in [1.807, 2.05) is 4.90 Å². The molecule has 83 heavy (non-hydrogen) atoms. The highest BCUT2D eigenvalue weighted by Gasteiger charge is 2.51. The first-order valence-electron chi connectivity index (χ1n) is 27.8. The lowest BCUT2D eigenvalue weighted by Crippen LogP contribution is -2.56. The number of aromatic hydroxyl groups is 1. The van der Waals surface area contributed by atoms with E-state index in [0.29, 0.717) is 69.6 Å². The van der Waals surface area contributed by atoms with Gasteiger partial charge in [-0.05, 0) is 92.1 Å². The fourth-order valence-electron chi connectivity index (χ4n) is 14.1. The number of halogens is 5. The van der Waals surface area contributed by atoms with Crippen LogP contribution in [-0.4, -0.2) is 143 Å². The van der Waals surface area contributed by atoms with Crippen LogP contribution in [0.2, 0.25) is 0 Å². The topological polar surface area (TPSA) is 189 Å². The van der Waals surface area contributed by atoms with Crippen LogP contribution in [0.1, 0.15) is 73.3 Å². The summed E-state index contributed by atoms with van der Waals surface area (Å²) in [5.74, 6) is -2.89. The van der Waals surface area contributed by atoms with E-state index in [1.165, 1.54) is 35.0 Å². The molecular formula is C61H54F5N9O8. The number of hydrogen-bond donors (Lipinski definition) is 2. The molecule has 22 heteroatoms. The molecule has 7 aromatic rings. The highest BCUT2D eigenvalue weighted by Crippen LogP contribution is 2.45. The van der Waals surface area contributed by atoms with Gasteiger partial charge in [0.25, 0.3) is 17.4 Å². The van der Waals surface area contributed by atoms with Crippen molar-refractivity contribution in [1.29, 1.82) is 0 Å². The van der Waals surface area contributed by atoms with E-state index in [2.05, 4.69) is 27.4 Å². The fourth-order valence-corrected chi connectivity index (χ4v) is 14.1. The normalized spacial score (nSPS) is 24.1. The van der Waals surface area contributed by atoms with Crippen molar-refractivity contribution in [1.82, 2.24) is 39.2 Å². The molecule has 3 aromatic carbocycles. The highest BCUT2D eigenvalue weighted by atomic mass is 19.3. The van der Waals surface area contributed by atoms with Gasteiger partial charge in [-0.3, -0.25) is 24.4 Å². The van der Waals surface area contributed by atoms with Gasteiger partial charge in [0.15, 0.2) is 11.4 Å². The molecule has 17 nitrogen and oxygen atoms in total. The van der Waals surface area contributed by atoms with Crippen LogP contribution < -0.4 is 19.9 Å². The zero-order chi connectivity index (χ0) is 57.6. The second-order valence-electron chi connectivity index (χ2n) is 23.1. The number of rotatable bonds is 12. The quantitative estimate of drug-likeness (QED) is 0.0532. The van der Waals surface area contributed by atoms with Crippen LogP contribution in [0.15, 0.2) is 71.7 Å². The molecule has 7 aliphatic rings. The molecule has 0 saturated carbocycles. The first kappa shape index (κ1) is 52.8. The van der Waals surface area contributed by atoms with Crippen molar-refractivity contribution >= 4 is 50.3 Å². The van der Waals surface area contributed by atoms with E-state index in [0.717, 1.165) is 13.0 Å². The van der Waals surface area contributed by atoms with Crippen LogP contribution >= 0.6 is 0 Å². The van der Waals surface area contributed by atoms with Crippen LogP contribution in [-0.2, 0) is 39.6 Å². The van der Waals surface area contributed by atoms with Gasteiger partial charge in [-0.25, -0.2) is 31.7 Å². The lowest BCUT2D eigenvalue weighted by Gasteiger charge is -2.42. The fraction of sp³-hybridized carbons (Fsp3) is 0.393. The molecule has 5 atom stereocenters. The molecule has 0 spiro atoms. The first-order valence-corrected chi connectivity index (χ1v) is 27.8. The molecule has 5 saturated heterocycles. The van der Waals surface area contributed by atoms with Gasteiger partial charge >= 0.3 is 12.0 Å². The van der Waals surface area contributed by atoms with Crippen molar-refractivity contribution in [3.8, 4) is 52.5 Å². The number of fused-ring (bicyclic) bond motifs is 10. The average molecular weight is 1140 g/mol. The van der Waals surface area contributed by atoms with Crippen molar-refractivity contribution in [2.75, 3.05) is 57.4 Å². The third-order valence-electron chi connectivity index (χ3n) is 18.1. The molecule has 5 unspecified atom stereocenters. The third kappa shape index (κ3) is 8.39. The Morgan fingerprint density at radius 3 is 2.53 bits per heavy atom. The molecule has 14 rings (SSSR count). The maximum Gasteiger partial charge on any atom is 0.343 e. The Kier molecular flexibility index (Phi) is 12.2. The van der Waals surface area contributed by atoms with Crippen molar-refractivity contribution in [3.63, 3.8) is 0 Å². The number of carbonyl (C=O) groups excluding carboxylic acids is 2. The van der Waals surface area contributed by atoms with Crippen LogP contribution in [0.4, 0.5) is 27.8 Å². The van der Waals surface area contributed by atoms with Gasteiger partial charge in [-0.1, -0.05) is 25.5 Å². The van der Waals surface area contributed by atoms with Gasteiger partial charge in [0.2, 0.25) is 0 Å². The van der Waals surface area contributed by atoms with Gasteiger partial charge in [-0.15, -0.1) is 6.42 Å². The predicted molar refractivity (Wildman–Crippen MR) is 294 cm³/mol. The maximum atomic E-state index is 17.5. The van der Waals surface area contributed by atoms with Crippen molar-refractivity contribution < 1.29 is 56.0 Å². The number of anilines is 1. The summed E-state index contributed by atoms with van der Waals surface area (Å²) in [6.07, 6.45) is 9.22. The summed E-state index contributed by atoms with van der Waals surface area (Å²) in [4.78, 5) is 67.8. The van der Waals surface area contributed by atoms with Gasteiger partial charge in [0.1, 0.15) is 60.3 Å². The molecule has 426 valence electrons. The number of benzene rings is 3. The number of pyridine rings is 3. The number of hydrogen-bond acceptors (Lipinski definition) is 15. The first-order chi connectivity index (χ1) is 39.8. The number of ether oxygens (including phenoxy) is 3. The smallest absolute Gasteiger partial charge is 0.343 e. The molecule has 7 aliphatic heterocycles. The van der Waals surface area contributed by atoms with Crippen LogP contribution in [0.5, 0.6) is 17.5 Å². The van der Waals surface area contributed by atoms with Crippen LogP contribution in [0, 0.1) is 24.0 Å². The van der Waals surface area contributed by atoms with E-state index < -0.39 is 59.5 Å². The summed E-state index contributed by atoms with van der Waals surface area (Å²) in [7, 11) is 0. The molecule has 1 amide bonds. The van der Waals surface area contributed by atoms with Gasteiger partial charge in [0, 0.05) is 71.8 Å². The summed E-state index contributed by atoms with van der Waals surface area (Å²) < 4.78 is 95.5. The van der Waals surface area contributed by atoms with E-state index >= 15 is 8.78 Å². The standard InChI is InChI=1S/C61H54F5N9O8/c1-4-38-46(63)11-7-32-15-36(76)16-40(49(32)38)52-50(64)53-41(20-67-52)54(70-58(69-53)83-30-59-13-6-14-73(59)21-33(62)19-59)72-22-34-8-9-35(23-72)75(34)55(77)31(3)26-81-37-10-12-47-39(17-37)42(24-71-28-60(65,66)29-71)43-25-74-48(51(43)68-47)18-45-44(56(74)78)27-82-57(79)61(45,80)5-2/h1,7,10-12,15-18,20,33-35,76,80H,3,5-6,8-9,13-14,19,21-30H2,2H3. The summed E-state index contributed by atoms with van der Waals surface area (Å²) in [5.41, 5.74) is -0.577. The number of phenols is 1. The van der Waals surface area contributed by atoms with Gasteiger partial charge in [-0.2, -0.15) is 9.97 Å². The second-order valence-corrected chi connectivity index (χ2v) is 23.1. The number of aromatic nitrogens is 5. The van der Waals surface area contributed by atoms with Gasteiger partial charge < -0.3 is 38.8 Å². The van der Waals surface area contributed by atoms with E-state index in [1.54, 1.807) is 41.0 Å². The number of aliphatic hydroxyl groups is 1. The van der Waals surface area contributed by atoms with E-state index in [9.17, 15) is 37.8 Å². The number of carbonyl (C=O) groups is 2. The number of phenolic OH excluding ortho intramolecular Hbond substituents is 1. The third-order valence-corrected chi connectivity index (χ3v) is 18.1. The molecular weight excluding hydrogens is 1080 g/mol. The Morgan fingerprint density at radius 2 is 1.77 bits per heavy atom. The largest absolute Gasteiger partial charge is 0.508 e. The summed E-state index contributed by atoms with van der Waals surface area (Å²) in [6, 6.07) is 11.1. The lowest BCUT2D eigenvalue weighted by atomic mass is 9.86. The molecule has 11 heterocycles. The van der Waals surface area contributed by atoms with Crippen molar-refractivity contribution in [2.45, 2.75) is 100 Å². The monoisotopic (exact) mass is 1140 g/mol. The van der Waals surface area contributed by atoms with Crippen LogP contribution in [0.25, 0.3) is 55.2 Å². The van der Waals surface area contributed by atoms with Crippen molar-refractivity contribution in [2.24, 2.45) is 0 Å². The predicted octanol–water partition coefficient (Wildman–Crippen LogP) is 7.42. The number of likely N-dealkylation sites (tertiary alicyclic amines) is 1. The minimum Gasteiger partial charge on any atom is -0.508 e. The molecule has 0 aliphatic carbocycles. The molecule has 5 fully saturated rings. The number of esters is 1. The lowest BCUT2D eigenvalue weighted by molar-refractivity contribution is -0.172. The Bertz CT molecular complexity index is 4100. The summed E-state index contributed by atoms with van der Waals surface area (Å²) in [6.45, 7) is 6.08. The Morgan fingerprint density at radius 1 is 0.976 bits per heavy atom. The van der Waals surface area contributed by atoms with Gasteiger partial charge in [0.05, 0.1) is 70.7 Å². The SMILES string of the molecule is C#Cc1c(F)ccc2cc(O)cc(-c3ncc4c(N5CC6CCC(C5)N6C(=O)C(=C)COc5ccc6nc7c(c(CN8CC(F)(F)C8)c6c5)Cn5c-7cc6c(c5=O)COC(=O)C6(O)CC)nc(OCC56CCCN5CC(F)C6)nc4c3F)c12. The average Bonchev–Trinajstić information content (AvgIpc) is 3.05. The zero-order valence-corrected chi connectivity index (χ0v) is 45.0. The Balaban J connectivity index is 0.742. The highest BCUT2D eigenvalue weighted by molar-refractivity contribution is 6.03. The second kappa shape index (κ2) is 19.1. The zero-order valence-electron chi connectivity index (χ0n) is 45.0. The van der Waals surface area contributed by atoms with Crippen LogP contribution in [0.3, 0.4) is 0 Å². The maximum absolute atomic E-state index is 17.5. The molecule has 2 N–H and O–H groups in total.